The highest BCUT2D eigenvalue weighted by Gasteiger charge is 2.24. The number of nitrogens with two attached hydrogens (primary N) is 1. The van der Waals surface area contributed by atoms with Crippen LogP contribution >= 0.6 is 0 Å². The average Bonchev–Trinajstić information content (AvgIpc) is 2.29. The summed E-state index contributed by atoms with van der Waals surface area (Å²) in [6.45, 7) is 4.71. The van der Waals surface area contributed by atoms with Gasteiger partial charge in [-0.05, 0) is 19.9 Å². The van der Waals surface area contributed by atoms with Crippen molar-refractivity contribution < 1.29 is 9.53 Å². The van der Waals surface area contributed by atoms with Gasteiger partial charge in [-0.15, -0.1) is 0 Å². The highest BCUT2D eigenvalue weighted by Crippen LogP contribution is 2.12. The molecule has 0 atom stereocenters. The largest absolute Gasteiger partial charge is 0.481 e. The number of methoxy groups -OCH3 is 1. The van der Waals surface area contributed by atoms with Crippen LogP contribution in [0.3, 0.4) is 0 Å². The summed E-state index contributed by atoms with van der Waals surface area (Å²) in [7, 11) is 1.58. The number of nitrogens with zero attached hydrogens (tertiary/aromatic N) is 1. The number of hydrogen-bond donors (Lipinski definition) is 2. The second-order valence-electron chi connectivity index (χ2n) is 4.52. The summed E-state index contributed by atoms with van der Waals surface area (Å²) in [4.78, 5) is 15.4. The van der Waals surface area contributed by atoms with Gasteiger partial charge in [0.25, 0.3) is 0 Å². The standard InChI is InChI=1S/C12H19N3O2/c1-12(2,11(13)16)8-14-7-9-5-4-6-10(15-9)17-3/h4-6,14H,7-8H2,1-3H3,(H2,13,16). The van der Waals surface area contributed by atoms with E-state index in [-0.39, 0.29) is 5.91 Å². The predicted octanol–water partition coefficient (Wildman–Crippen LogP) is 0.691. The summed E-state index contributed by atoms with van der Waals surface area (Å²) in [5.74, 6) is 0.266. The van der Waals surface area contributed by atoms with Crippen LogP contribution < -0.4 is 15.8 Å². The zero-order valence-electron chi connectivity index (χ0n) is 10.5. The Morgan fingerprint density at radius 3 is 2.82 bits per heavy atom. The van der Waals surface area contributed by atoms with Crippen LogP contribution in [0.2, 0.25) is 0 Å². The van der Waals surface area contributed by atoms with Gasteiger partial charge in [0.1, 0.15) is 0 Å². The third-order valence-electron chi connectivity index (χ3n) is 2.53. The maximum atomic E-state index is 11.1. The monoisotopic (exact) mass is 237 g/mol. The van der Waals surface area contributed by atoms with Crippen molar-refractivity contribution in [1.29, 1.82) is 0 Å². The number of rotatable bonds is 6. The van der Waals surface area contributed by atoms with Crippen LogP contribution in [0.4, 0.5) is 0 Å². The number of nitrogens with one attached hydrogen (secondary N) is 1. The Morgan fingerprint density at radius 1 is 1.53 bits per heavy atom. The van der Waals surface area contributed by atoms with Gasteiger partial charge in [-0.3, -0.25) is 4.79 Å². The third-order valence-corrected chi connectivity index (χ3v) is 2.53. The molecule has 0 saturated carbocycles. The Morgan fingerprint density at radius 2 is 2.24 bits per heavy atom. The summed E-state index contributed by atoms with van der Waals surface area (Å²) in [6.07, 6.45) is 0. The number of carbonyl (C=O) groups is 1. The number of aromatic nitrogens is 1. The van der Waals surface area contributed by atoms with Gasteiger partial charge in [-0.1, -0.05) is 6.07 Å². The second-order valence-corrected chi connectivity index (χ2v) is 4.52. The lowest BCUT2D eigenvalue weighted by atomic mass is 9.93. The molecular weight excluding hydrogens is 218 g/mol. The molecule has 0 bridgehead atoms. The van der Waals surface area contributed by atoms with Crippen molar-refractivity contribution in [2.45, 2.75) is 20.4 Å². The van der Waals surface area contributed by atoms with Crippen LogP contribution in [0, 0.1) is 5.41 Å². The molecule has 5 heteroatoms. The number of hydrogen-bond acceptors (Lipinski definition) is 4. The average molecular weight is 237 g/mol. The van der Waals surface area contributed by atoms with Crippen LogP contribution in [0.1, 0.15) is 19.5 Å². The Bertz CT molecular complexity index is 391. The van der Waals surface area contributed by atoms with Crippen molar-refractivity contribution in [3.05, 3.63) is 23.9 Å². The Kier molecular flexibility index (Phi) is 4.45. The van der Waals surface area contributed by atoms with E-state index in [2.05, 4.69) is 10.3 Å². The minimum Gasteiger partial charge on any atom is -0.481 e. The van der Waals surface area contributed by atoms with Gasteiger partial charge in [0.2, 0.25) is 11.8 Å². The summed E-state index contributed by atoms with van der Waals surface area (Å²) >= 11 is 0. The maximum absolute atomic E-state index is 11.1. The molecule has 3 N–H and O–H groups in total. The van der Waals surface area contributed by atoms with Crippen LogP contribution in [-0.2, 0) is 11.3 Å². The molecule has 0 aliphatic rings. The molecule has 0 aliphatic carbocycles. The Balaban J connectivity index is 2.48. The number of carbonyl (C=O) groups excluding carboxylic acids is 1. The molecule has 0 fully saturated rings. The SMILES string of the molecule is COc1cccc(CNCC(C)(C)C(N)=O)n1. The first-order chi connectivity index (χ1) is 7.95. The lowest BCUT2D eigenvalue weighted by Crippen LogP contribution is -2.40. The summed E-state index contributed by atoms with van der Waals surface area (Å²) in [5, 5.41) is 3.16. The van der Waals surface area contributed by atoms with E-state index in [1.54, 1.807) is 27.0 Å². The summed E-state index contributed by atoms with van der Waals surface area (Å²) in [5.41, 5.74) is 5.59. The van der Waals surface area contributed by atoms with Gasteiger partial charge in [0, 0.05) is 19.2 Å². The van der Waals surface area contributed by atoms with E-state index in [9.17, 15) is 4.79 Å². The van der Waals surface area contributed by atoms with Crippen molar-refractivity contribution in [1.82, 2.24) is 10.3 Å². The smallest absolute Gasteiger partial charge is 0.224 e. The summed E-state index contributed by atoms with van der Waals surface area (Å²) < 4.78 is 5.03. The van der Waals surface area contributed by atoms with Gasteiger partial charge in [-0.2, -0.15) is 0 Å². The van der Waals surface area contributed by atoms with Gasteiger partial charge in [0.05, 0.1) is 18.2 Å². The summed E-state index contributed by atoms with van der Waals surface area (Å²) in [6, 6.07) is 5.56. The van der Waals surface area contributed by atoms with Crippen LogP contribution in [0.25, 0.3) is 0 Å². The normalized spacial score (nSPS) is 11.2. The fourth-order valence-electron chi connectivity index (χ4n) is 1.26. The van der Waals surface area contributed by atoms with E-state index < -0.39 is 5.41 Å². The molecule has 94 valence electrons. The second kappa shape index (κ2) is 5.63. The molecule has 0 aliphatic heterocycles. The van der Waals surface area contributed by atoms with Crippen molar-refractivity contribution >= 4 is 5.91 Å². The minimum absolute atomic E-state index is 0.316. The Hall–Kier alpha value is -1.62. The predicted molar refractivity (Wildman–Crippen MR) is 65.5 cm³/mol. The van der Waals surface area contributed by atoms with E-state index in [0.717, 1.165) is 5.69 Å². The molecular formula is C12H19N3O2. The molecule has 0 spiro atoms. The molecule has 17 heavy (non-hydrogen) atoms. The van der Waals surface area contributed by atoms with Crippen molar-refractivity contribution in [2.24, 2.45) is 11.1 Å². The first-order valence-corrected chi connectivity index (χ1v) is 5.46. The number of ether oxygens (including phenoxy) is 1. The quantitative estimate of drug-likeness (QED) is 0.763. The molecule has 5 nitrogen and oxygen atoms in total. The first kappa shape index (κ1) is 13.4. The third kappa shape index (κ3) is 4.03. The molecule has 1 heterocycles. The van der Waals surface area contributed by atoms with Gasteiger partial charge < -0.3 is 15.8 Å². The molecule has 1 aromatic heterocycles. The van der Waals surface area contributed by atoms with Crippen LogP contribution in [-0.4, -0.2) is 24.5 Å². The first-order valence-electron chi connectivity index (χ1n) is 5.46. The lowest BCUT2D eigenvalue weighted by Gasteiger charge is -2.20. The van der Waals surface area contributed by atoms with E-state index in [1.165, 1.54) is 0 Å². The zero-order valence-corrected chi connectivity index (χ0v) is 10.5. The molecule has 0 unspecified atom stereocenters. The molecule has 0 aromatic carbocycles. The fraction of sp³-hybridized carbons (Fsp3) is 0.500. The van der Waals surface area contributed by atoms with Crippen molar-refractivity contribution in [3.8, 4) is 5.88 Å². The number of pyridine rings is 1. The molecule has 1 amide bonds. The molecule has 1 rings (SSSR count). The van der Waals surface area contributed by atoms with Crippen LogP contribution in [0.15, 0.2) is 18.2 Å². The van der Waals surface area contributed by atoms with Gasteiger partial charge >= 0.3 is 0 Å². The van der Waals surface area contributed by atoms with Crippen molar-refractivity contribution in [3.63, 3.8) is 0 Å². The zero-order chi connectivity index (χ0) is 12.9. The van der Waals surface area contributed by atoms with Gasteiger partial charge in [0.15, 0.2) is 0 Å². The van der Waals surface area contributed by atoms with Gasteiger partial charge in [-0.25, -0.2) is 4.98 Å². The van der Waals surface area contributed by atoms with Crippen molar-refractivity contribution in [2.75, 3.05) is 13.7 Å². The number of amides is 1. The minimum atomic E-state index is -0.557. The highest BCUT2D eigenvalue weighted by atomic mass is 16.5. The topological polar surface area (TPSA) is 77.2 Å². The van der Waals surface area contributed by atoms with E-state index in [1.807, 2.05) is 12.1 Å². The molecule has 0 radical (unpaired) electrons. The van der Waals surface area contributed by atoms with E-state index >= 15 is 0 Å². The fourth-order valence-corrected chi connectivity index (χ4v) is 1.26. The lowest BCUT2D eigenvalue weighted by molar-refractivity contribution is -0.125. The van der Waals surface area contributed by atoms with E-state index in [4.69, 9.17) is 10.5 Å². The van der Waals surface area contributed by atoms with Crippen LogP contribution in [0.5, 0.6) is 5.88 Å². The molecule has 0 saturated heterocycles. The number of primary amides is 1. The highest BCUT2D eigenvalue weighted by molar-refractivity contribution is 5.80. The Labute approximate surface area is 101 Å². The molecule has 1 aromatic rings. The maximum Gasteiger partial charge on any atom is 0.224 e. The van der Waals surface area contributed by atoms with E-state index in [0.29, 0.717) is 19.0 Å².